The van der Waals surface area contributed by atoms with E-state index in [0.717, 1.165) is 11.3 Å². The highest BCUT2D eigenvalue weighted by molar-refractivity contribution is 5.66. The molecule has 96 valence electrons. The van der Waals surface area contributed by atoms with Crippen LogP contribution in [0.5, 0.6) is 5.75 Å². The van der Waals surface area contributed by atoms with Crippen molar-refractivity contribution in [1.82, 2.24) is 4.98 Å². The van der Waals surface area contributed by atoms with E-state index in [0.29, 0.717) is 23.5 Å². The molecule has 0 saturated carbocycles. The quantitative estimate of drug-likeness (QED) is 0.910. The molecule has 0 aliphatic rings. The minimum atomic E-state index is 0.569. The zero-order valence-corrected chi connectivity index (χ0v) is 11.0. The van der Waals surface area contributed by atoms with Gasteiger partial charge in [0.1, 0.15) is 11.8 Å². The number of nitrogens with zero attached hydrogens (tertiary/aromatic N) is 2. The summed E-state index contributed by atoms with van der Waals surface area (Å²) in [6, 6.07) is 11.5. The zero-order chi connectivity index (χ0) is 13.7. The number of hydrogen-bond donors (Lipinski definition) is 1. The molecule has 4 heteroatoms. The molecule has 2 aromatic rings. The van der Waals surface area contributed by atoms with Crippen LogP contribution in [0.25, 0.3) is 0 Å². The topological polar surface area (TPSA) is 57.9 Å². The molecular weight excluding hydrogens is 238 g/mol. The van der Waals surface area contributed by atoms with Gasteiger partial charge in [-0.3, -0.25) is 4.98 Å². The van der Waals surface area contributed by atoms with Crippen LogP contribution in [0, 0.1) is 18.3 Å². The summed E-state index contributed by atoms with van der Waals surface area (Å²) in [5.74, 6) is 0.666. The lowest BCUT2D eigenvalue weighted by atomic mass is 10.1. The number of nitrogens with one attached hydrogen (secondary N) is 1. The van der Waals surface area contributed by atoms with E-state index < -0.39 is 0 Å². The van der Waals surface area contributed by atoms with Crippen LogP contribution in [0.4, 0.5) is 5.69 Å². The van der Waals surface area contributed by atoms with Crippen LogP contribution in [0.15, 0.2) is 36.5 Å². The Labute approximate surface area is 112 Å². The van der Waals surface area contributed by atoms with Gasteiger partial charge in [-0.25, -0.2) is 0 Å². The Morgan fingerprint density at radius 3 is 2.79 bits per heavy atom. The van der Waals surface area contributed by atoms with Gasteiger partial charge in [-0.05, 0) is 30.7 Å². The third-order valence-corrected chi connectivity index (χ3v) is 2.81. The van der Waals surface area contributed by atoms with Gasteiger partial charge < -0.3 is 10.1 Å². The Kier molecular flexibility index (Phi) is 3.99. The summed E-state index contributed by atoms with van der Waals surface area (Å²) in [6.07, 6.45) is 1.82. The number of hydrogen-bond acceptors (Lipinski definition) is 4. The van der Waals surface area contributed by atoms with Crippen molar-refractivity contribution in [3.8, 4) is 11.8 Å². The van der Waals surface area contributed by atoms with E-state index in [1.54, 1.807) is 19.2 Å². The van der Waals surface area contributed by atoms with Crippen LogP contribution in [-0.2, 0) is 6.54 Å². The number of aryl methyl sites for hydroxylation is 1. The lowest BCUT2D eigenvalue weighted by Gasteiger charge is -2.12. The molecular formula is C15H15N3O. The number of nitriles is 1. The van der Waals surface area contributed by atoms with Crippen molar-refractivity contribution in [1.29, 1.82) is 5.26 Å². The SMILES string of the molecule is COc1cccc(C#N)c1NCc1ccc(C)nc1. The molecule has 1 aromatic carbocycles. The molecule has 4 nitrogen and oxygen atoms in total. The van der Waals surface area contributed by atoms with Gasteiger partial charge in [0.15, 0.2) is 0 Å². The monoisotopic (exact) mass is 253 g/mol. The molecule has 1 N–H and O–H groups in total. The predicted molar refractivity (Wildman–Crippen MR) is 74.0 cm³/mol. The largest absolute Gasteiger partial charge is 0.495 e. The fourth-order valence-corrected chi connectivity index (χ4v) is 1.77. The maximum Gasteiger partial charge on any atom is 0.143 e. The molecule has 1 aromatic heterocycles. The molecule has 0 aliphatic carbocycles. The molecule has 0 saturated heterocycles. The minimum absolute atomic E-state index is 0.569. The van der Waals surface area contributed by atoms with Crippen molar-refractivity contribution in [2.24, 2.45) is 0 Å². The minimum Gasteiger partial charge on any atom is -0.495 e. The van der Waals surface area contributed by atoms with Crippen molar-refractivity contribution in [2.45, 2.75) is 13.5 Å². The van der Waals surface area contributed by atoms with Crippen molar-refractivity contribution < 1.29 is 4.74 Å². The third-order valence-electron chi connectivity index (χ3n) is 2.81. The van der Waals surface area contributed by atoms with Crippen LogP contribution in [-0.4, -0.2) is 12.1 Å². The number of pyridine rings is 1. The normalized spacial score (nSPS) is 9.74. The van der Waals surface area contributed by atoms with Gasteiger partial charge in [0, 0.05) is 18.4 Å². The van der Waals surface area contributed by atoms with Crippen molar-refractivity contribution in [3.05, 3.63) is 53.3 Å². The fraction of sp³-hybridized carbons (Fsp3) is 0.200. The van der Waals surface area contributed by atoms with E-state index >= 15 is 0 Å². The first kappa shape index (κ1) is 12.9. The Bertz CT molecular complexity index is 600. The summed E-state index contributed by atoms with van der Waals surface area (Å²) in [7, 11) is 1.59. The van der Waals surface area contributed by atoms with Gasteiger partial charge in [-0.15, -0.1) is 0 Å². The summed E-state index contributed by atoms with van der Waals surface area (Å²) >= 11 is 0. The molecule has 0 atom stereocenters. The highest BCUT2D eigenvalue weighted by atomic mass is 16.5. The molecule has 0 fully saturated rings. The van der Waals surface area contributed by atoms with E-state index in [1.165, 1.54) is 0 Å². The lowest BCUT2D eigenvalue weighted by molar-refractivity contribution is 0.416. The average Bonchev–Trinajstić information content (AvgIpc) is 2.46. The van der Waals surface area contributed by atoms with Crippen molar-refractivity contribution in [2.75, 3.05) is 12.4 Å². The van der Waals surface area contributed by atoms with E-state index in [-0.39, 0.29) is 0 Å². The number of anilines is 1. The van der Waals surface area contributed by atoms with Gasteiger partial charge >= 0.3 is 0 Å². The van der Waals surface area contributed by atoms with Crippen LogP contribution < -0.4 is 10.1 Å². The molecule has 0 radical (unpaired) electrons. The van der Waals surface area contributed by atoms with E-state index in [9.17, 15) is 0 Å². The third kappa shape index (κ3) is 3.02. The zero-order valence-electron chi connectivity index (χ0n) is 11.0. The fourth-order valence-electron chi connectivity index (χ4n) is 1.77. The van der Waals surface area contributed by atoms with Crippen molar-refractivity contribution in [3.63, 3.8) is 0 Å². The Hall–Kier alpha value is -2.54. The second-order valence-electron chi connectivity index (χ2n) is 4.16. The number of ether oxygens (including phenoxy) is 1. The number of para-hydroxylation sites is 1. The second kappa shape index (κ2) is 5.87. The number of aromatic nitrogens is 1. The summed E-state index contributed by atoms with van der Waals surface area (Å²) in [6.45, 7) is 2.55. The highest BCUT2D eigenvalue weighted by Gasteiger charge is 2.08. The van der Waals surface area contributed by atoms with Crippen molar-refractivity contribution >= 4 is 5.69 Å². The molecule has 1 heterocycles. The maximum absolute atomic E-state index is 9.11. The summed E-state index contributed by atoms with van der Waals surface area (Å²) in [5.41, 5.74) is 3.33. The van der Waals surface area contributed by atoms with Gasteiger partial charge in [0.25, 0.3) is 0 Å². The molecule has 19 heavy (non-hydrogen) atoms. The summed E-state index contributed by atoms with van der Waals surface area (Å²) in [4.78, 5) is 4.24. The Morgan fingerprint density at radius 1 is 1.32 bits per heavy atom. The molecule has 0 aliphatic heterocycles. The molecule has 0 amide bonds. The first-order valence-corrected chi connectivity index (χ1v) is 5.97. The average molecular weight is 253 g/mol. The molecule has 0 bridgehead atoms. The van der Waals surface area contributed by atoms with Crippen LogP contribution in [0.1, 0.15) is 16.8 Å². The molecule has 0 unspecified atom stereocenters. The van der Waals surface area contributed by atoms with Crippen LogP contribution in [0.3, 0.4) is 0 Å². The van der Waals surface area contributed by atoms with E-state index in [1.807, 2.05) is 31.3 Å². The van der Waals surface area contributed by atoms with Gasteiger partial charge in [0.2, 0.25) is 0 Å². The molecule has 2 rings (SSSR count). The second-order valence-corrected chi connectivity index (χ2v) is 4.16. The summed E-state index contributed by atoms with van der Waals surface area (Å²) < 4.78 is 5.27. The summed E-state index contributed by atoms with van der Waals surface area (Å²) in [5, 5.41) is 12.3. The Balaban J connectivity index is 2.19. The first-order valence-electron chi connectivity index (χ1n) is 5.97. The van der Waals surface area contributed by atoms with Gasteiger partial charge in [0.05, 0.1) is 18.4 Å². The first-order chi connectivity index (χ1) is 9.24. The molecule has 0 spiro atoms. The maximum atomic E-state index is 9.11. The Morgan fingerprint density at radius 2 is 2.16 bits per heavy atom. The highest BCUT2D eigenvalue weighted by Crippen LogP contribution is 2.28. The van der Waals surface area contributed by atoms with E-state index in [2.05, 4.69) is 16.4 Å². The van der Waals surface area contributed by atoms with Crippen LogP contribution in [0.2, 0.25) is 0 Å². The number of methoxy groups -OCH3 is 1. The van der Waals surface area contributed by atoms with Gasteiger partial charge in [-0.2, -0.15) is 5.26 Å². The number of benzene rings is 1. The predicted octanol–water partition coefficient (Wildman–Crippen LogP) is 2.88. The smallest absolute Gasteiger partial charge is 0.143 e. The standard InChI is InChI=1S/C15H15N3O/c1-11-6-7-12(9-17-11)10-18-15-13(8-16)4-3-5-14(15)19-2/h3-7,9,18H,10H2,1-2H3. The number of rotatable bonds is 4. The van der Waals surface area contributed by atoms with E-state index in [4.69, 9.17) is 10.00 Å². The van der Waals surface area contributed by atoms with Crippen LogP contribution >= 0.6 is 0 Å². The lowest BCUT2D eigenvalue weighted by Crippen LogP contribution is -2.04. The van der Waals surface area contributed by atoms with Gasteiger partial charge in [-0.1, -0.05) is 12.1 Å².